The summed E-state index contributed by atoms with van der Waals surface area (Å²) in [7, 11) is -3.62. The highest BCUT2D eigenvalue weighted by Crippen LogP contribution is 2.37. The number of carbonyl (C=O) groups is 1. The Kier molecular flexibility index (Phi) is 4.30. The summed E-state index contributed by atoms with van der Waals surface area (Å²) in [6, 6.07) is 1.23. The lowest BCUT2D eigenvalue weighted by atomic mass is 9.83. The van der Waals surface area contributed by atoms with Crippen molar-refractivity contribution in [3.8, 4) is 0 Å². The van der Waals surface area contributed by atoms with Crippen LogP contribution in [0.4, 0.5) is 0 Å². The maximum absolute atomic E-state index is 12.6. The van der Waals surface area contributed by atoms with Crippen molar-refractivity contribution in [2.75, 3.05) is 13.1 Å². The molecule has 0 aliphatic carbocycles. The predicted molar refractivity (Wildman–Crippen MR) is 80.8 cm³/mol. The third-order valence-electron chi connectivity index (χ3n) is 3.56. The highest BCUT2D eigenvalue weighted by Gasteiger charge is 2.34. The highest BCUT2D eigenvalue weighted by atomic mass is 79.9. The van der Waals surface area contributed by atoms with Gasteiger partial charge >= 0.3 is 5.97 Å². The highest BCUT2D eigenvalue weighted by molar-refractivity contribution is 9.11. The van der Waals surface area contributed by atoms with Gasteiger partial charge in [-0.25, -0.2) is 13.2 Å². The molecule has 1 aromatic rings. The van der Waals surface area contributed by atoms with Crippen LogP contribution >= 0.6 is 27.3 Å². The number of rotatable bonds is 3. The molecule has 0 amide bonds. The van der Waals surface area contributed by atoms with E-state index in [9.17, 15) is 13.2 Å². The third kappa shape index (κ3) is 3.08. The van der Waals surface area contributed by atoms with Crippen molar-refractivity contribution in [3.63, 3.8) is 0 Å². The first-order valence-corrected chi connectivity index (χ1v) is 9.21. The minimum Gasteiger partial charge on any atom is -0.477 e. The molecule has 0 saturated carbocycles. The first-order chi connectivity index (χ1) is 9.13. The number of sulfonamides is 1. The van der Waals surface area contributed by atoms with E-state index in [1.165, 1.54) is 10.4 Å². The fraction of sp³-hybridized carbons (Fsp3) is 0.583. The zero-order valence-electron chi connectivity index (χ0n) is 11.2. The van der Waals surface area contributed by atoms with E-state index in [0.717, 1.165) is 24.2 Å². The molecule has 8 heteroatoms. The lowest BCUT2D eigenvalue weighted by Gasteiger charge is -2.35. The number of carboxylic acid groups (broad SMARTS) is 1. The molecule has 1 N–H and O–H groups in total. The minimum absolute atomic E-state index is 0.0211. The second-order valence-corrected chi connectivity index (χ2v) is 9.90. The van der Waals surface area contributed by atoms with E-state index in [2.05, 4.69) is 29.8 Å². The van der Waals surface area contributed by atoms with Gasteiger partial charge in [-0.15, -0.1) is 11.3 Å². The molecule has 0 bridgehead atoms. The summed E-state index contributed by atoms with van der Waals surface area (Å²) < 4.78 is 26.9. The van der Waals surface area contributed by atoms with Gasteiger partial charge in [0.15, 0.2) is 0 Å². The van der Waals surface area contributed by atoms with Crippen LogP contribution in [0.2, 0.25) is 0 Å². The van der Waals surface area contributed by atoms with Gasteiger partial charge < -0.3 is 5.11 Å². The summed E-state index contributed by atoms with van der Waals surface area (Å²) >= 11 is 4.08. The fourth-order valence-electron chi connectivity index (χ4n) is 2.10. The van der Waals surface area contributed by atoms with Crippen LogP contribution in [-0.2, 0) is 10.0 Å². The molecule has 0 unspecified atom stereocenters. The maximum Gasteiger partial charge on any atom is 0.345 e. The summed E-state index contributed by atoms with van der Waals surface area (Å²) in [4.78, 5) is 11.0. The zero-order chi connectivity index (χ0) is 15.1. The molecule has 5 nitrogen and oxygen atoms in total. The molecule has 2 rings (SSSR count). The Hall–Kier alpha value is -0.440. The van der Waals surface area contributed by atoms with E-state index in [4.69, 9.17) is 5.11 Å². The van der Waals surface area contributed by atoms with Gasteiger partial charge in [0.05, 0.1) is 3.79 Å². The first-order valence-electron chi connectivity index (χ1n) is 6.16. The lowest BCUT2D eigenvalue weighted by molar-refractivity contribution is 0.0702. The summed E-state index contributed by atoms with van der Waals surface area (Å²) in [5, 5.41) is 8.95. The number of hydrogen-bond donors (Lipinski definition) is 1. The molecular formula is C12H16BrNO4S2. The average Bonchev–Trinajstić information content (AvgIpc) is 2.71. The standard InChI is InChI=1S/C12H16BrNO4S2/c1-12(2)3-5-14(6-4-12)20(17,18)9-7-8(11(15)16)19-10(9)13/h7H,3-6H2,1-2H3,(H,15,16). The Morgan fingerprint density at radius 2 is 1.95 bits per heavy atom. The SMILES string of the molecule is CC1(C)CCN(S(=O)(=O)c2cc(C(=O)O)sc2Br)CC1. The van der Waals surface area contributed by atoms with Crippen molar-refractivity contribution >= 4 is 43.3 Å². The van der Waals surface area contributed by atoms with E-state index in [1.54, 1.807) is 0 Å². The molecule has 1 aliphatic rings. The van der Waals surface area contributed by atoms with Crippen LogP contribution in [0.1, 0.15) is 36.4 Å². The molecule has 1 aliphatic heterocycles. The van der Waals surface area contributed by atoms with Crippen molar-refractivity contribution in [3.05, 3.63) is 14.7 Å². The molecule has 0 radical (unpaired) electrons. The molecule has 112 valence electrons. The molecule has 0 aromatic carbocycles. The van der Waals surface area contributed by atoms with Gasteiger partial charge in [-0.3, -0.25) is 0 Å². The minimum atomic E-state index is -3.62. The Labute approximate surface area is 130 Å². The second-order valence-electron chi connectivity index (χ2n) is 5.62. The Morgan fingerprint density at radius 3 is 2.40 bits per heavy atom. The molecule has 1 fully saturated rings. The van der Waals surface area contributed by atoms with Gasteiger partial charge in [0.1, 0.15) is 9.77 Å². The summed E-state index contributed by atoms with van der Waals surface area (Å²) in [6.07, 6.45) is 1.61. The largest absolute Gasteiger partial charge is 0.477 e. The van der Waals surface area contributed by atoms with E-state index in [-0.39, 0.29) is 15.2 Å². The van der Waals surface area contributed by atoms with Crippen molar-refractivity contribution in [1.29, 1.82) is 0 Å². The molecule has 1 saturated heterocycles. The van der Waals surface area contributed by atoms with Gasteiger partial charge in [0.2, 0.25) is 10.0 Å². The van der Waals surface area contributed by atoms with Gasteiger partial charge in [0.25, 0.3) is 0 Å². The van der Waals surface area contributed by atoms with Crippen LogP contribution in [0.15, 0.2) is 14.7 Å². The topological polar surface area (TPSA) is 74.7 Å². The van der Waals surface area contributed by atoms with Crippen molar-refractivity contribution < 1.29 is 18.3 Å². The molecular weight excluding hydrogens is 366 g/mol. The van der Waals surface area contributed by atoms with Crippen molar-refractivity contribution in [1.82, 2.24) is 4.31 Å². The van der Waals surface area contributed by atoms with Crippen molar-refractivity contribution in [2.24, 2.45) is 5.41 Å². The van der Waals surface area contributed by atoms with Crippen LogP contribution < -0.4 is 0 Å². The number of piperidine rings is 1. The lowest BCUT2D eigenvalue weighted by Crippen LogP contribution is -2.41. The number of nitrogens with zero attached hydrogens (tertiary/aromatic N) is 1. The van der Waals surface area contributed by atoms with Gasteiger partial charge in [-0.2, -0.15) is 4.31 Å². The Balaban J connectivity index is 2.29. The molecule has 1 aromatic heterocycles. The van der Waals surface area contributed by atoms with E-state index >= 15 is 0 Å². The number of aromatic carboxylic acids is 1. The Bertz CT molecular complexity index is 626. The monoisotopic (exact) mass is 381 g/mol. The van der Waals surface area contributed by atoms with E-state index in [1.807, 2.05) is 0 Å². The number of carboxylic acids is 1. The molecule has 2 heterocycles. The van der Waals surface area contributed by atoms with Crippen LogP contribution in [0.3, 0.4) is 0 Å². The van der Waals surface area contributed by atoms with Gasteiger partial charge in [-0.05, 0) is 40.3 Å². The third-order valence-corrected chi connectivity index (χ3v) is 7.70. The van der Waals surface area contributed by atoms with Crippen molar-refractivity contribution in [2.45, 2.75) is 31.6 Å². The number of hydrogen-bond acceptors (Lipinski definition) is 4. The van der Waals surface area contributed by atoms with Crippen LogP contribution in [0.25, 0.3) is 0 Å². The van der Waals surface area contributed by atoms with E-state index in [0.29, 0.717) is 16.9 Å². The summed E-state index contributed by atoms with van der Waals surface area (Å²) in [5.74, 6) is -1.11. The van der Waals surface area contributed by atoms with Gasteiger partial charge in [0, 0.05) is 13.1 Å². The summed E-state index contributed by atoms with van der Waals surface area (Å²) in [6.45, 7) is 5.19. The van der Waals surface area contributed by atoms with E-state index < -0.39 is 16.0 Å². The van der Waals surface area contributed by atoms with Crippen LogP contribution in [0.5, 0.6) is 0 Å². The van der Waals surface area contributed by atoms with Gasteiger partial charge in [-0.1, -0.05) is 13.8 Å². The fourth-order valence-corrected chi connectivity index (χ4v) is 5.90. The number of halogens is 1. The Morgan fingerprint density at radius 1 is 1.40 bits per heavy atom. The smallest absolute Gasteiger partial charge is 0.345 e. The molecule has 0 spiro atoms. The number of thiophene rings is 1. The van der Waals surface area contributed by atoms with Crippen LogP contribution in [0, 0.1) is 5.41 Å². The predicted octanol–water partition coefficient (Wildman–Crippen LogP) is 3.02. The zero-order valence-corrected chi connectivity index (χ0v) is 14.4. The normalized spacial score (nSPS) is 19.9. The maximum atomic E-state index is 12.6. The molecule has 20 heavy (non-hydrogen) atoms. The van der Waals surface area contributed by atoms with Crippen LogP contribution in [-0.4, -0.2) is 36.9 Å². The average molecular weight is 382 g/mol. The summed E-state index contributed by atoms with van der Waals surface area (Å²) in [5.41, 5.74) is 0.157. The second kappa shape index (κ2) is 5.40. The first kappa shape index (κ1) is 15.9. The quantitative estimate of drug-likeness (QED) is 0.872. The molecule has 0 atom stereocenters.